The van der Waals surface area contributed by atoms with Gasteiger partial charge in [-0.1, -0.05) is 19.3 Å². The molecule has 2 aliphatic carbocycles. The molecule has 0 heterocycles. The van der Waals surface area contributed by atoms with Crippen molar-refractivity contribution in [2.45, 2.75) is 63.0 Å². The molecular weight excluding hydrogens is 242 g/mol. The van der Waals surface area contributed by atoms with Gasteiger partial charge in [0.05, 0.1) is 13.2 Å². The predicted octanol–water partition coefficient (Wildman–Crippen LogP) is 2.27. The van der Waals surface area contributed by atoms with E-state index in [4.69, 9.17) is 9.47 Å². The lowest BCUT2D eigenvalue weighted by molar-refractivity contribution is -0.148. The molecule has 0 aromatic rings. The zero-order valence-corrected chi connectivity index (χ0v) is 12.2. The number of carbonyl (C=O) groups is 1. The fraction of sp³-hybridized carbons (Fsp3) is 0.933. The zero-order valence-electron chi connectivity index (χ0n) is 12.2. The summed E-state index contributed by atoms with van der Waals surface area (Å²) >= 11 is 0. The van der Waals surface area contributed by atoms with Crippen molar-refractivity contribution < 1.29 is 14.3 Å². The number of nitrogens with one attached hydrogen (secondary N) is 1. The van der Waals surface area contributed by atoms with Gasteiger partial charge >= 0.3 is 5.97 Å². The van der Waals surface area contributed by atoms with Crippen molar-refractivity contribution in [3.05, 3.63) is 0 Å². The Morgan fingerprint density at radius 3 is 2.63 bits per heavy atom. The molecule has 2 atom stereocenters. The molecule has 0 saturated heterocycles. The van der Waals surface area contributed by atoms with Gasteiger partial charge in [0.15, 0.2) is 0 Å². The van der Waals surface area contributed by atoms with Crippen LogP contribution in [-0.4, -0.2) is 38.4 Å². The van der Waals surface area contributed by atoms with Crippen LogP contribution < -0.4 is 5.32 Å². The van der Waals surface area contributed by atoms with E-state index in [-0.39, 0.29) is 12.1 Å². The molecule has 2 unspecified atom stereocenters. The molecule has 0 spiro atoms. The maximum Gasteiger partial charge on any atom is 0.326 e. The van der Waals surface area contributed by atoms with Crippen molar-refractivity contribution in [2.24, 2.45) is 5.92 Å². The van der Waals surface area contributed by atoms with E-state index in [9.17, 15) is 4.79 Å². The van der Waals surface area contributed by atoms with Crippen molar-refractivity contribution in [3.8, 4) is 0 Å². The first kappa shape index (κ1) is 14.8. The summed E-state index contributed by atoms with van der Waals surface area (Å²) in [6.07, 6.45) is 9.39. The molecule has 2 aliphatic rings. The van der Waals surface area contributed by atoms with E-state index in [0.717, 1.165) is 31.8 Å². The Labute approximate surface area is 116 Å². The zero-order chi connectivity index (χ0) is 13.7. The van der Waals surface area contributed by atoms with Crippen molar-refractivity contribution >= 4 is 5.97 Å². The first-order valence-corrected chi connectivity index (χ1v) is 7.59. The van der Waals surface area contributed by atoms with E-state index in [1.54, 1.807) is 0 Å². The molecule has 0 aliphatic heterocycles. The van der Waals surface area contributed by atoms with Crippen LogP contribution in [0, 0.1) is 5.92 Å². The topological polar surface area (TPSA) is 47.6 Å². The van der Waals surface area contributed by atoms with Gasteiger partial charge in [0.25, 0.3) is 0 Å². The Morgan fingerprint density at radius 1 is 1.26 bits per heavy atom. The second-order valence-electron chi connectivity index (χ2n) is 6.03. The summed E-state index contributed by atoms with van der Waals surface area (Å²) in [5, 5.41) is 3.14. The summed E-state index contributed by atoms with van der Waals surface area (Å²) in [6, 6.07) is 0. The van der Waals surface area contributed by atoms with Crippen LogP contribution in [0.2, 0.25) is 0 Å². The molecular formula is C15H27NO3. The molecule has 2 fully saturated rings. The Hall–Kier alpha value is -0.610. The van der Waals surface area contributed by atoms with Crippen LogP contribution in [0.4, 0.5) is 0 Å². The lowest BCUT2D eigenvalue weighted by atomic mass is 9.90. The minimum atomic E-state index is -0.522. The normalized spacial score (nSPS) is 32.4. The summed E-state index contributed by atoms with van der Waals surface area (Å²) in [4.78, 5) is 11.9. The minimum absolute atomic E-state index is 0.154. The average Bonchev–Trinajstić information content (AvgIpc) is 2.90. The van der Waals surface area contributed by atoms with Gasteiger partial charge in [-0.3, -0.25) is 4.79 Å². The fourth-order valence-electron chi connectivity index (χ4n) is 3.48. The number of likely N-dealkylation sites (N-methyl/N-ethyl adjacent to an activating group) is 1. The minimum Gasteiger partial charge on any atom is -0.468 e. The molecule has 2 rings (SSSR count). The lowest BCUT2D eigenvalue weighted by Gasteiger charge is -2.26. The van der Waals surface area contributed by atoms with E-state index in [0.29, 0.717) is 0 Å². The van der Waals surface area contributed by atoms with Crippen LogP contribution >= 0.6 is 0 Å². The third-order valence-electron chi connectivity index (χ3n) is 4.82. The molecule has 110 valence electrons. The first-order chi connectivity index (χ1) is 9.20. The monoisotopic (exact) mass is 269 g/mol. The summed E-state index contributed by atoms with van der Waals surface area (Å²) in [7, 11) is 3.29. The molecule has 0 amide bonds. The molecule has 0 radical (unpaired) electrons. The molecule has 0 bridgehead atoms. The number of esters is 1. The number of rotatable bonds is 5. The second kappa shape index (κ2) is 6.71. The Bertz CT molecular complexity index is 302. The number of carbonyl (C=O) groups excluding carboxylic acids is 1. The molecule has 1 N–H and O–H groups in total. The second-order valence-corrected chi connectivity index (χ2v) is 6.03. The number of hydrogen-bond donors (Lipinski definition) is 1. The predicted molar refractivity (Wildman–Crippen MR) is 74.0 cm³/mol. The highest BCUT2D eigenvalue weighted by molar-refractivity contribution is 5.81. The number of ether oxygens (including phenoxy) is 2. The van der Waals surface area contributed by atoms with Gasteiger partial charge < -0.3 is 14.8 Å². The van der Waals surface area contributed by atoms with Gasteiger partial charge in [-0.15, -0.1) is 0 Å². The van der Waals surface area contributed by atoms with Gasteiger partial charge in [-0.25, -0.2) is 0 Å². The van der Waals surface area contributed by atoms with Crippen LogP contribution in [0.25, 0.3) is 0 Å². The van der Waals surface area contributed by atoms with Crippen LogP contribution in [-0.2, 0) is 14.3 Å². The van der Waals surface area contributed by atoms with E-state index in [1.165, 1.54) is 39.2 Å². The maximum atomic E-state index is 11.9. The third kappa shape index (κ3) is 3.48. The van der Waals surface area contributed by atoms with Crippen LogP contribution in [0.3, 0.4) is 0 Å². The van der Waals surface area contributed by atoms with Gasteiger partial charge in [-0.05, 0) is 38.6 Å². The van der Waals surface area contributed by atoms with Crippen LogP contribution in [0.5, 0.6) is 0 Å². The Kier molecular flexibility index (Phi) is 5.22. The highest BCUT2D eigenvalue weighted by Crippen LogP contribution is 2.34. The molecule has 19 heavy (non-hydrogen) atoms. The Morgan fingerprint density at radius 2 is 2.00 bits per heavy atom. The van der Waals surface area contributed by atoms with Gasteiger partial charge in [0.2, 0.25) is 0 Å². The van der Waals surface area contributed by atoms with Gasteiger partial charge in [-0.2, -0.15) is 0 Å². The largest absolute Gasteiger partial charge is 0.468 e. The Balaban J connectivity index is 1.79. The highest BCUT2D eigenvalue weighted by atomic mass is 16.5. The molecule has 0 aromatic carbocycles. The van der Waals surface area contributed by atoms with E-state index < -0.39 is 5.54 Å². The average molecular weight is 269 g/mol. The van der Waals surface area contributed by atoms with E-state index in [2.05, 4.69) is 5.32 Å². The summed E-state index contributed by atoms with van der Waals surface area (Å²) in [6.45, 7) is 0.867. The van der Waals surface area contributed by atoms with E-state index >= 15 is 0 Å². The van der Waals surface area contributed by atoms with Crippen molar-refractivity contribution in [1.29, 1.82) is 0 Å². The smallest absolute Gasteiger partial charge is 0.326 e. The van der Waals surface area contributed by atoms with Crippen molar-refractivity contribution in [2.75, 3.05) is 20.8 Å². The number of hydrogen-bond acceptors (Lipinski definition) is 4. The summed E-state index contributed by atoms with van der Waals surface area (Å²) in [5.74, 6) is 0.579. The summed E-state index contributed by atoms with van der Waals surface area (Å²) < 4.78 is 11.0. The molecule has 0 aromatic heterocycles. The fourth-order valence-corrected chi connectivity index (χ4v) is 3.48. The third-order valence-corrected chi connectivity index (χ3v) is 4.82. The van der Waals surface area contributed by atoms with Crippen LogP contribution in [0.15, 0.2) is 0 Å². The van der Waals surface area contributed by atoms with Crippen molar-refractivity contribution in [1.82, 2.24) is 5.32 Å². The lowest BCUT2D eigenvalue weighted by Crippen LogP contribution is -2.49. The summed E-state index contributed by atoms with van der Waals surface area (Å²) in [5.41, 5.74) is -0.522. The quantitative estimate of drug-likeness (QED) is 0.778. The standard InChI is InChI=1S/C15H27NO3/c1-16-15(14(17)18-2)9-8-13(10-15)19-11-12-6-4-3-5-7-12/h12-13,16H,3-11H2,1-2H3. The number of methoxy groups -OCH3 is 1. The van der Waals surface area contributed by atoms with Crippen molar-refractivity contribution in [3.63, 3.8) is 0 Å². The maximum absolute atomic E-state index is 11.9. The molecule has 2 saturated carbocycles. The highest BCUT2D eigenvalue weighted by Gasteiger charge is 2.45. The van der Waals surface area contributed by atoms with Gasteiger partial charge in [0, 0.05) is 13.0 Å². The molecule has 4 heteroatoms. The van der Waals surface area contributed by atoms with Crippen LogP contribution in [0.1, 0.15) is 51.4 Å². The van der Waals surface area contributed by atoms with E-state index in [1.807, 2.05) is 7.05 Å². The SMILES string of the molecule is CNC1(C(=O)OC)CCC(OCC2CCCCC2)C1. The van der Waals surface area contributed by atoms with Gasteiger partial charge in [0.1, 0.15) is 5.54 Å². The molecule has 4 nitrogen and oxygen atoms in total. The first-order valence-electron chi connectivity index (χ1n) is 7.59.